The minimum Gasteiger partial charge on any atom is -0.494 e. The van der Waals surface area contributed by atoms with E-state index in [2.05, 4.69) is 9.97 Å². The van der Waals surface area contributed by atoms with E-state index in [1.165, 1.54) is 5.01 Å². The molecule has 0 unspecified atom stereocenters. The van der Waals surface area contributed by atoms with E-state index in [4.69, 9.17) is 16.3 Å². The second-order valence-electron chi connectivity index (χ2n) is 4.02. The van der Waals surface area contributed by atoms with Crippen LogP contribution in [0.4, 0.5) is 5.82 Å². The SMILES string of the molecule is COc1cnc(N(N)C/C=C(/C)N)c2[nH]ccc12. The molecule has 2 aromatic rings. The Morgan fingerprint density at radius 1 is 1.61 bits per heavy atom. The number of methoxy groups -OCH3 is 1. The predicted octanol–water partition coefficient (Wildman–Crippen LogP) is 1.11. The van der Waals surface area contributed by atoms with Crippen LogP contribution < -0.4 is 21.3 Å². The lowest BCUT2D eigenvalue weighted by Crippen LogP contribution is -2.32. The van der Waals surface area contributed by atoms with Crippen molar-refractivity contribution in [1.29, 1.82) is 0 Å². The minimum atomic E-state index is 0.496. The average Bonchev–Trinajstić information content (AvgIpc) is 2.83. The van der Waals surface area contributed by atoms with Gasteiger partial charge < -0.3 is 15.5 Å². The molecule has 0 aliphatic heterocycles. The molecular weight excluding hydrogens is 230 g/mol. The third-order valence-corrected chi connectivity index (χ3v) is 2.64. The fraction of sp³-hybridized carbons (Fsp3) is 0.250. The van der Waals surface area contributed by atoms with E-state index in [-0.39, 0.29) is 0 Å². The van der Waals surface area contributed by atoms with Crippen LogP contribution in [0, 0.1) is 0 Å². The van der Waals surface area contributed by atoms with Gasteiger partial charge in [0.15, 0.2) is 5.82 Å². The molecule has 2 aromatic heterocycles. The van der Waals surface area contributed by atoms with Crippen LogP contribution in [-0.4, -0.2) is 23.6 Å². The molecule has 0 saturated carbocycles. The number of fused-ring (bicyclic) bond motifs is 1. The van der Waals surface area contributed by atoms with Crippen molar-refractivity contribution in [2.45, 2.75) is 6.92 Å². The number of pyridine rings is 1. The molecule has 0 aromatic carbocycles. The highest BCUT2D eigenvalue weighted by Gasteiger charge is 2.12. The molecular formula is C12H17N5O. The molecule has 0 amide bonds. The van der Waals surface area contributed by atoms with Crippen LogP contribution in [0.15, 0.2) is 30.2 Å². The van der Waals surface area contributed by atoms with Crippen LogP contribution in [0.1, 0.15) is 6.92 Å². The van der Waals surface area contributed by atoms with E-state index in [0.717, 1.165) is 16.6 Å². The molecule has 0 bridgehead atoms. The van der Waals surface area contributed by atoms with Crippen molar-refractivity contribution in [1.82, 2.24) is 9.97 Å². The number of allylic oxidation sites excluding steroid dienone is 1. The van der Waals surface area contributed by atoms with Crippen LogP contribution in [0.3, 0.4) is 0 Å². The topological polar surface area (TPSA) is 93.2 Å². The first-order valence-corrected chi connectivity index (χ1v) is 5.58. The quantitative estimate of drug-likeness (QED) is 0.556. The number of hydrogen-bond acceptors (Lipinski definition) is 5. The van der Waals surface area contributed by atoms with Gasteiger partial charge in [-0.2, -0.15) is 0 Å². The lowest BCUT2D eigenvalue weighted by molar-refractivity contribution is 0.418. The smallest absolute Gasteiger partial charge is 0.167 e. The Morgan fingerprint density at radius 3 is 3.06 bits per heavy atom. The summed E-state index contributed by atoms with van der Waals surface area (Å²) in [4.78, 5) is 7.42. The van der Waals surface area contributed by atoms with Crippen molar-refractivity contribution in [3.05, 3.63) is 30.2 Å². The second-order valence-corrected chi connectivity index (χ2v) is 4.02. The summed E-state index contributed by atoms with van der Waals surface area (Å²) in [5, 5.41) is 2.49. The number of aromatic nitrogens is 2. The number of ether oxygens (including phenoxy) is 1. The monoisotopic (exact) mass is 247 g/mol. The zero-order chi connectivity index (χ0) is 13.1. The van der Waals surface area contributed by atoms with E-state index >= 15 is 0 Å². The Hall–Kier alpha value is -2.21. The molecule has 5 N–H and O–H groups in total. The maximum atomic E-state index is 5.97. The highest BCUT2D eigenvalue weighted by Crippen LogP contribution is 2.29. The first-order chi connectivity index (χ1) is 8.63. The van der Waals surface area contributed by atoms with Gasteiger partial charge in [-0.3, -0.25) is 5.01 Å². The number of hydrazine groups is 1. The summed E-state index contributed by atoms with van der Waals surface area (Å²) >= 11 is 0. The molecule has 0 aliphatic rings. The van der Waals surface area contributed by atoms with Crippen molar-refractivity contribution >= 4 is 16.7 Å². The van der Waals surface area contributed by atoms with Gasteiger partial charge in [0.05, 0.1) is 25.4 Å². The molecule has 2 heterocycles. The van der Waals surface area contributed by atoms with E-state index < -0.39 is 0 Å². The lowest BCUT2D eigenvalue weighted by atomic mass is 10.3. The molecule has 0 spiro atoms. The number of nitrogens with zero attached hydrogens (tertiary/aromatic N) is 2. The van der Waals surface area contributed by atoms with Crippen LogP contribution in [0.25, 0.3) is 10.9 Å². The summed E-state index contributed by atoms with van der Waals surface area (Å²) in [6.45, 7) is 2.31. The van der Waals surface area contributed by atoms with Crippen molar-refractivity contribution in [3.63, 3.8) is 0 Å². The van der Waals surface area contributed by atoms with Gasteiger partial charge >= 0.3 is 0 Å². The number of anilines is 1. The van der Waals surface area contributed by atoms with Crippen molar-refractivity contribution in [3.8, 4) is 5.75 Å². The van der Waals surface area contributed by atoms with Gasteiger partial charge in [-0.25, -0.2) is 10.8 Å². The van der Waals surface area contributed by atoms with Gasteiger partial charge in [0.1, 0.15) is 5.75 Å². The molecule has 0 fully saturated rings. The first kappa shape index (κ1) is 12.3. The third kappa shape index (κ3) is 2.23. The molecule has 6 heteroatoms. The number of hydrogen-bond donors (Lipinski definition) is 3. The molecule has 0 aliphatic carbocycles. The molecule has 2 rings (SSSR count). The van der Waals surface area contributed by atoms with E-state index in [0.29, 0.717) is 18.1 Å². The Morgan fingerprint density at radius 2 is 2.39 bits per heavy atom. The molecule has 0 atom stereocenters. The summed E-state index contributed by atoms with van der Waals surface area (Å²) < 4.78 is 5.24. The zero-order valence-corrected chi connectivity index (χ0v) is 10.5. The van der Waals surface area contributed by atoms with Gasteiger partial charge in [-0.05, 0) is 19.1 Å². The van der Waals surface area contributed by atoms with Crippen molar-refractivity contribution in [2.75, 3.05) is 18.7 Å². The summed E-state index contributed by atoms with van der Waals surface area (Å²) in [6.07, 6.45) is 5.32. The van der Waals surface area contributed by atoms with Crippen LogP contribution in [0.2, 0.25) is 0 Å². The highest BCUT2D eigenvalue weighted by atomic mass is 16.5. The van der Waals surface area contributed by atoms with Crippen molar-refractivity contribution in [2.24, 2.45) is 11.6 Å². The summed E-state index contributed by atoms with van der Waals surface area (Å²) in [5.74, 6) is 7.35. The number of rotatable bonds is 4. The van der Waals surface area contributed by atoms with E-state index in [1.54, 1.807) is 13.3 Å². The first-order valence-electron chi connectivity index (χ1n) is 5.58. The van der Waals surface area contributed by atoms with Gasteiger partial charge in [0, 0.05) is 17.3 Å². The normalized spacial score (nSPS) is 11.8. The highest BCUT2D eigenvalue weighted by molar-refractivity contribution is 5.93. The number of nitrogens with two attached hydrogens (primary N) is 2. The minimum absolute atomic E-state index is 0.496. The second kappa shape index (κ2) is 4.97. The number of aromatic amines is 1. The van der Waals surface area contributed by atoms with Crippen LogP contribution in [-0.2, 0) is 0 Å². The average molecular weight is 247 g/mol. The van der Waals surface area contributed by atoms with Crippen LogP contribution in [0.5, 0.6) is 5.75 Å². The molecule has 96 valence electrons. The lowest BCUT2D eigenvalue weighted by Gasteiger charge is -2.17. The largest absolute Gasteiger partial charge is 0.494 e. The zero-order valence-electron chi connectivity index (χ0n) is 10.5. The van der Waals surface area contributed by atoms with E-state index in [1.807, 2.05) is 25.3 Å². The van der Waals surface area contributed by atoms with Gasteiger partial charge in [0.25, 0.3) is 0 Å². The van der Waals surface area contributed by atoms with Crippen molar-refractivity contribution < 1.29 is 4.74 Å². The summed E-state index contributed by atoms with van der Waals surface area (Å²) in [5.41, 5.74) is 7.16. The van der Waals surface area contributed by atoms with Crippen LogP contribution >= 0.6 is 0 Å². The van der Waals surface area contributed by atoms with E-state index in [9.17, 15) is 0 Å². The molecule has 0 saturated heterocycles. The van der Waals surface area contributed by atoms with Gasteiger partial charge in [-0.15, -0.1) is 0 Å². The predicted molar refractivity (Wildman–Crippen MR) is 72.1 cm³/mol. The summed E-state index contributed by atoms with van der Waals surface area (Å²) in [7, 11) is 1.61. The van der Waals surface area contributed by atoms with Gasteiger partial charge in [0.2, 0.25) is 0 Å². The maximum absolute atomic E-state index is 5.97. The number of H-pyrrole nitrogens is 1. The standard InChI is InChI=1S/C12H17N5O/c1-8(13)4-6-17(14)12-11-9(3-5-15-11)10(18-2)7-16-12/h3-5,7,15H,6,13-14H2,1-2H3/b8-4-. The van der Waals surface area contributed by atoms with Gasteiger partial charge in [-0.1, -0.05) is 0 Å². The summed E-state index contributed by atoms with van der Waals surface area (Å²) in [6, 6.07) is 1.93. The molecule has 18 heavy (non-hydrogen) atoms. The Labute approximate surface area is 105 Å². The Kier molecular flexibility index (Phi) is 3.38. The Bertz CT molecular complexity index is 571. The fourth-order valence-corrected chi connectivity index (χ4v) is 1.72. The Balaban J connectivity index is 2.39. The fourth-order valence-electron chi connectivity index (χ4n) is 1.72. The molecule has 0 radical (unpaired) electrons. The number of nitrogens with one attached hydrogen (secondary N) is 1. The maximum Gasteiger partial charge on any atom is 0.167 e. The third-order valence-electron chi connectivity index (χ3n) is 2.64. The molecule has 6 nitrogen and oxygen atoms in total.